The van der Waals surface area contributed by atoms with Gasteiger partial charge in [0.2, 0.25) is 0 Å². The number of rotatable bonds is 7. The second-order valence-corrected chi connectivity index (χ2v) is 9.86. The summed E-state index contributed by atoms with van der Waals surface area (Å²) in [5.41, 5.74) is 3.55. The molecule has 2 bridgehead atoms. The van der Waals surface area contributed by atoms with Gasteiger partial charge in [0, 0.05) is 12.5 Å². The molecule has 5 rings (SSSR count). The maximum Gasteiger partial charge on any atom is 0.280 e. The standard InChI is InChI=1S/C24H33N3O3/c1-15(2)22-25-20-8-6-5-7-18(20)23(29)27(22)26-21(28)14-30-12-11-16-9-10-17-13-19(16)24(17,3)4/h5-8,15-17,19H,9-14H2,1-4H3,(H,26,28)/t16-,17-,19+/m0/s1. The highest BCUT2D eigenvalue weighted by Crippen LogP contribution is 2.61. The summed E-state index contributed by atoms with van der Waals surface area (Å²) in [6.07, 6.45) is 4.96. The Morgan fingerprint density at radius 3 is 2.77 bits per heavy atom. The molecule has 2 aromatic rings. The molecule has 3 fully saturated rings. The number of amides is 1. The number of fused-ring (bicyclic) bond motifs is 3. The van der Waals surface area contributed by atoms with Crippen molar-refractivity contribution in [2.45, 2.75) is 59.3 Å². The summed E-state index contributed by atoms with van der Waals surface area (Å²) < 4.78 is 6.96. The maximum atomic E-state index is 12.9. The van der Waals surface area contributed by atoms with Crippen molar-refractivity contribution in [1.29, 1.82) is 0 Å². The first-order valence-electron chi connectivity index (χ1n) is 11.2. The molecule has 1 heterocycles. The zero-order chi connectivity index (χ0) is 21.5. The molecule has 1 aromatic carbocycles. The van der Waals surface area contributed by atoms with Gasteiger partial charge in [0.25, 0.3) is 11.5 Å². The normalized spacial score (nSPS) is 24.6. The van der Waals surface area contributed by atoms with Crippen LogP contribution in [0.15, 0.2) is 29.1 Å². The van der Waals surface area contributed by atoms with Crippen molar-refractivity contribution < 1.29 is 9.53 Å². The first kappa shape index (κ1) is 21.0. The second-order valence-electron chi connectivity index (χ2n) is 9.86. The van der Waals surface area contributed by atoms with E-state index in [-0.39, 0.29) is 24.0 Å². The molecule has 1 aromatic heterocycles. The van der Waals surface area contributed by atoms with Crippen LogP contribution in [-0.2, 0) is 9.53 Å². The van der Waals surface area contributed by atoms with E-state index in [0.29, 0.717) is 34.7 Å². The molecule has 0 radical (unpaired) electrons. The fourth-order valence-corrected chi connectivity index (χ4v) is 5.51. The number of nitrogens with one attached hydrogen (secondary N) is 1. The zero-order valence-corrected chi connectivity index (χ0v) is 18.5. The van der Waals surface area contributed by atoms with Gasteiger partial charge in [0.05, 0.1) is 10.9 Å². The Hall–Kier alpha value is -2.21. The molecular weight excluding hydrogens is 378 g/mol. The number of hydrogen-bond acceptors (Lipinski definition) is 4. The molecule has 3 aliphatic rings. The minimum Gasteiger partial charge on any atom is -0.372 e. The van der Waals surface area contributed by atoms with Crippen LogP contribution in [0.1, 0.15) is 65.1 Å². The van der Waals surface area contributed by atoms with Crippen molar-refractivity contribution >= 4 is 16.8 Å². The van der Waals surface area contributed by atoms with Crippen molar-refractivity contribution in [2.24, 2.45) is 23.2 Å². The average Bonchev–Trinajstić information content (AvgIpc) is 2.73. The van der Waals surface area contributed by atoms with Crippen LogP contribution in [-0.4, -0.2) is 28.8 Å². The largest absolute Gasteiger partial charge is 0.372 e. The van der Waals surface area contributed by atoms with Crippen LogP contribution in [0.4, 0.5) is 0 Å². The first-order valence-corrected chi connectivity index (χ1v) is 11.2. The zero-order valence-electron chi connectivity index (χ0n) is 18.5. The van der Waals surface area contributed by atoms with E-state index >= 15 is 0 Å². The monoisotopic (exact) mass is 411 g/mol. The summed E-state index contributed by atoms with van der Waals surface area (Å²) in [7, 11) is 0. The van der Waals surface area contributed by atoms with Crippen molar-refractivity contribution in [3.05, 3.63) is 40.4 Å². The average molecular weight is 412 g/mol. The van der Waals surface area contributed by atoms with Crippen LogP contribution in [0, 0.1) is 23.2 Å². The molecule has 3 saturated carbocycles. The van der Waals surface area contributed by atoms with Crippen LogP contribution >= 0.6 is 0 Å². The Bertz CT molecular complexity index is 993. The first-order chi connectivity index (χ1) is 14.3. The van der Waals surface area contributed by atoms with Gasteiger partial charge in [-0.3, -0.25) is 15.0 Å². The molecule has 0 saturated heterocycles. The fraction of sp³-hybridized carbons (Fsp3) is 0.625. The van der Waals surface area contributed by atoms with E-state index in [9.17, 15) is 9.59 Å². The number of ether oxygens (including phenoxy) is 1. The van der Waals surface area contributed by atoms with Crippen molar-refractivity contribution in [1.82, 2.24) is 9.66 Å². The minimum atomic E-state index is -0.330. The van der Waals surface area contributed by atoms with E-state index < -0.39 is 0 Å². The summed E-state index contributed by atoms with van der Waals surface area (Å²) >= 11 is 0. The third-order valence-electron chi connectivity index (χ3n) is 7.42. The summed E-state index contributed by atoms with van der Waals surface area (Å²) in [6.45, 7) is 9.22. The molecular formula is C24H33N3O3. The molecule has 162 valence electrons. The third-order valence-corrected chi connectivity index (χ3v) is 7.42. The number of nitrogens with zero attached hydrogens (tertiary/aromatic N) is 2. The van der Waals surface area contributed by atoms with E-state index in [4.69, 9.17) is 4.74 Å². The third kappa shape index (κ3) is 3.78. The topological polar surface area (TPSA) is 73.2 Å². The van der Waals surface area contributed by atoms with Gasteiger partial charge in [0.1, 0.15) is 12.4 Å². The Labute approximate surface area is 178 Å². The lowest BCUT2D eigenvalue weighted by molar-refractivity contribution is -0.124. The van der Waals surface area contributed by atoms with Crippen molar-refractivity contribution in [2.75, 3.05) is 18.6 Å². The maximum absolute atomic E-state index is 12.9. The highest BCUT2D eigenvalue weighted by atomic mass is 16.5. The van der Waals surface area contributed by atoms with Gasteiger partial charge in [-0.1, -0.05) is 39.8 Å². The van der Waals surface area contributed by atoms with Crippen molar-refractivity contribution in [3.8, 4) is 0 Å². The number of hydrogen-bond donors (Lipinski definition) is 1. The Kier molecular flexibility index (Phi) is 5.71. The number of aromatic nitrogens is 2. The predicted octanol–water partition coefficient (Wildman–Crippen LogP) is 4.07. The molecule has 6 nitrogen and oxygen atoms in total. The molecule has 1 amide bonds. The lowest BCUT2D eigenvalue weighted by atomic mass is 9.45. The molecule has 3 atom stereocenters. The quantitative estimate of drug-likeness (QED) is 0.697. The number of carbonyl (C=O) groups excluding carboxylic acids is 1. The van der Waals surface area contributed by atoms with Crippen LogP contribution in [0.25, 0.3) is 10.9 Å². The fourth-order valence-electron chi connectivity index (χ4n) is 5.51. The summed E-state index contributed by atoms with van der Waals surface area (Å²) in [5.74, 6) is 2.59. The summed E-state index contributed by atoms with van der Waals surface area (Å²) in [5, 5.41) is 0.488. The highest BCUT2D eigenvalue weighted by Gasteiger charge is 2.53. The van der Waals surface area contributed by atoms with E-state index in [1.54, 1.807) is 12.1 Å². The van der Waals surface area contributed by atoms with Gasteiger partial charge in [-0.05, 0) is 61.0 Å². The molecule has 3 aliphatic carbocycles. The Balaban J connectivity index is 1.35. The van der Waals surface area contributed by atoms with E-state index in [1.807, 2.05) is 26.0 Å². The SMILES string of the molecule is CC(C)c1nc2ccccc2c(=O)n1NC(=O)COCC[C@@H]1CC[C@H]2C[C@H]1C2(C)C. The predicted molar refractivity (Wildman–Crippen MR) is 118 cm³/mol. The molecule has 0 aliphatic heterocycles. The number of carbonyl (C=O) groups is 1. The molecule has 0 unspecified atom stereocenters. The van der Waals surface area contributed by atoms with Gasteiger partial charge in [-0.2, -0.15) is 0 Å². The molecule has 1 N–H and O–H groups in total. The lowest BCUT2D eigenvalue weighted by Crippen LogP contribution is -2.52. The molecule has 6 heteroatoms. The van der Waals surface area contributed by atoms with Crippen molar-refractivity contribution in [3.63, 3.8) is 0 Å². The smallest absolute Gasteiger partial charge is 0.280 e. The van der Waals surface area contributed by atoms with Crippen LogP contribution < -0.4 is 11.0 Å². The summed E-state index contributed by atoms with van der Waals surface area (Å²) in [6, 6.07) is 7.19. The van der Waals surface area contributed by atoms with Gasteiger partial charge in [0.15, 0.2) is 0 Å². The number of benzene rings is 1. The van der Waals surface area contributed by atoms with Crippen LogP contribution in [0.5, 0.6) is 0 Å². The number of para-hydroxylation sites is 1. The minimum absolute atomic E-state index is 0.00974. The van der Waals surface area contributed by atoms with Gasteiger partial charge in [-0.25, -0.2) is 9.66 Å². The van der Waals surface area contributed by atoms with Crippen LogP contribution in [0.2, 0.25) is 0 Å². The van der Waals surface area contributed by atoms with Crippen LogP contribution in [0.3, 0.4) is 0 Å². The van der Waals surface area contributed by atoms with Gasteiger partial charge >= 0.3 is 0 Å². The summed E-state index contributed by atoms with van der Waals surface area (Å²) in [4.78, 5) is 30.0. The highest BCUT2D eigenvalue weighted by molar-refractivity contribution is 5.85. The van der Waals surface area contributed by atoms with E-state index in [0.717, 1.165) is 18.3 Å². The molecule has 30 heavy (non-hydrogen) atoms. The lowest BCUT2D eigenvalue weighted by Gasteiger charge is -2.60. The Morgan fingerprint density at radius 1 is 1.30 bits per heavy atom. The van der Waals surface area contributed by atoms with E-state index in [1.165, 1.54) is 23.9 Å². The Morgan fingerprint density at radius 2 is 2.07 bits per heavy atom. The van der Waals surface area contributed by atoms with Gasteiger partial charge in [-0.15, -0.1) is 0 Å². The molecule has 0 spiro atoms. The second kappa shape index (κ2) is 8.14. The van der Waals surface area contributed by atoms with E-state index in [2.05, 4.69) is 24.3 Å². The van der Waals surface area contributed by atoms with Gasteiger partial charge < -0.3 is 4.74 Å².